The molecule has 94 valence electrons. The largest absolute Gasteiger partial charge is 0.330 e. The van der Waals surface area contributed by atoms with Crippen LogP contribution in [-0.4, -0.2) is 9.55 Å². The van der Waals surface area contributed by atoms with E-state index in [-0.39, 0.29) is 6.04 Å². The zero-order chi connectivity index (χ0) is 12.5. The molecule has 2 aromatic rings. The lowest BCUT2D eigenvalue weighted by Crippen LogP contribution is -2.19. The third-order valence-corrected chi connectivity index (χ3v) is 3.92. The van der Waals surface area contributed by atoms with Crippen LogP contribution in [0.4, 0.5) is 0 Å². The minimum atomic E-state index is -0.0881. The van der Waals surface area contributed by atoms with Gasteiger partial charge < -0.3 is 10.3 Å². The summed E-state index contributed by atoms with van der Waals surface area (Å²) in [6.45, 7) is 2.26. The second-order valence-electron chi connectivity index (χ2n) is 5.19. The van der Waals surface area contributed by atoms with Crippen LogP contribution in [0, 0.1) is 5.92 Å². The average Bonchev–Trinajstić information content (AvgIpc) is 3.15. The SMILES string of the molecule is CC(C1CC1)n1cncc1C(N)c1ccccc1. The van der Waals surface area contributed by atoms with Gasteiger partial charge in [-0.2, -0.15) is 0 Å². The summed E-state index contributed by atoms with van der Waals surface area (Å²) >= 11 is 0. The Bertz CT molecular complexity index is 514. The van der Waals surface area contributed by atoms with Gasteiger partial charge in [0.2, 0.25) is 0 Å². The minimum absolute atomic E-state index is 0.0881. The molecule has 2 N–H and O–H groups in total. The molecule has 1 heterocycles. The number of hydrogen-bond donors (Lipinski definition) is 1. The predicted octanol–water partition coefficient (Wildman–Crippen LogP) is 2.90. The molecule has 0 spiro atoms. The highest BCUT2D eigenvalue weighted by atomic mass is 15.1. The topological polar surface area (TPSA) is 43.8 Å². The first-order chi connectivity index (χ1) is 8.77. The van der Waals surface area contributed by atoms with Crippen molar-refractivity contribution in [3.05, 3.63) is 54.1 Å². The smallest absolute Gasteiger partial charge is 0.0951 e. The maximum atomic E-state index is 6.36. The lowest BCUT2D eigenvalue weighted by molar-refractivity contribution is 0.464. The number of aromatic nitrogens is 2. The molecule has 0 radical (unpaired) electrons. The quantitative estimate of drug-likeness (QED) is 0.894. The molecule has 0 aliphatic heterocycles. The Morgan fingerprint density at radius 1 is 1.28 bits per heavy atom. The van der Waals surface area contributed by atoms with Crippen LogP contribution in [0.3, 0.4) is 0 Å². The normalized spacial score (nSPS) is 18.6. The monoisotopic (exact) mass is 241 g/mol. The van der Waals surface area contributed by atoms with Crippen molar-refractivity contribution in [1.82, 2.24) is 9.55 Å². The van der Waals surface area contributed by atoms with E-state index in [4.69, 9.17) is 5.73 Å². The van der Waals surface area contributed by atoms with Crippen molar-refractivity contribution in [2.45, 2.75) is 31.8 Å². The Balaban J connectivity index is 1.90. The first-order valence-electron chi connectivity index (χ1n) is 6.59. The molecule has 1 fully saturated rings. The maximum absolute atomic E-state index is 6.36. The van der Waals surface area contributed by atoms with E-state index in [1.165, 1.54) is 12.8 Å². The van der Waals surface area contributed by atoms with E-state index in [0.717, 1.165) is 17.2 Å². The number of nitrogens with two attached hydrogens (primary N) is 1. The standard InChI is InChI=1S/C15H19N3/c1-11(12-7-8-12)18-10-17-9-14(18)15(16)13-5-3-2-4-6-13/h2-6,9-12,15H,7-8,16H2,1H3. The second kappa shape index (κ2) is 4.58. The minimum Gasteiger partial charge on any atom is -0.330 e. The van der Waals surface area contributed by atoms with Crippen LogP contribution in [0.2, 0.25) is 0 Å². The zero-order valence-corrected chi connectivity index (χ0v) is 10.7. The van der Waals surface area contributed by atoms with Gasteiger partial charge in [0.1, 0.15) is 0 Å². The summed E-state index contributed by atoms with van der Waals surface area (Å²) in [5.41, 5.74) is 8.61. The van der Waals surface area contributed by atoms with Gasteiger partial charge in [-0.3, -0.25) is 0 Å². The fourth-order valence-electron chi connectivity index (χ4n) is 2.53. The van der Waals surface area contributed by atoms with Gasteiger partial charge in [0, 0.05) is 6.04 Å². The molecule has 0 saturated heterocycles. The van der Waals surface area contributed by atoms with Gasteiger partial charge >= 0.3 is 0 Å². The molecule has 18 heavy (non-hydrogen) atoms. The Morgan fingerprint density at radius 2 is 2.00 bits per heavy atom. The van der Waals surface area contributed by atoms with Gasteiger partial charge in [-0.1, -0.05) is 30.3 Å². The summed E-state index contributed by atoms with van der Waals surface area (Å²) in [5, 5.41) is 0. The van der Waals surface area contributed by atoms with Crippen LogP contribution in [0.1, 0.15) is 43.1 Å². The van der Waals surface area contributed by atoms with E-state index in [0.29, 0.717) is 6.04 Å². The van der Waals surface area contributed by atoms with E-state index < -0.39 is 0 Å². The highest BCUT2D eigenvalue weighted by Gasteiger charge is 2.30. The summed E-state index contributed by atoms with van der Waals surface area (Å²) in [6.07, 6.45) is 6.48. The van der Waals surface area contributed by atoms with E-state index in [1.807, 2.05) is 30.7 Å². The first-order valence-corrected chi connectivity index (χ1v) is 6.59. The molecule has 0 bridgehead atoms. The molecular formula is C15H19N3. The summed E-state index contributed by atoms with van der Waals surface area (Å²) < 4.78 is 2.25. The van der Waals surface area contributed by atoms with Crippen molar-refractivity contribution in [1.29, 1.82) is 0 Å². The fourth-order valence-corrected chi connectivity index (χ4v) is 2.53. The highest BCUT2D eigenvalue weighted by Crippen LogP contribution is 2.40. The Kier molecular flexibility index (Phi) is 2.92. The van der Waals surface area contributed by atoms with Gasteiger partial charge in [-0.05, 0) is 31.2 Å². The highest BCUT2D eigenvalue weighted by molar-refractivity contribution is 5.26. The van der Waals surface area contributed by atoms with Crippen molar-refractivity contribution in [2.24, 2.45) is 11.7 Å². The van der Waals surface area contributed by atoms with Gasteiger partial charge in [0.15, 0.2) is 0 Å². The molecule has 0 amide bonds. The van der Waals surface area contributed by atoms with Gasteiger partial charge in [-0.15, -0.1) is 0 Å². The number of benzene rings is 1. The van der Waals surface area contributed by atoms with Crippen LogP contribution in [0.25, 0.3) is 0 Å². The molecule has 1 aliphatic rings. The van der Waals surface area contributed by atoms with Gasteiger partial charge in [0.25, 0.3) is 0 Å². The maximum Gasteiger partial charge on any atom is 0.0951 e. The van der Waals surface area contributed by atoms with Gasteiger partial charge in [0.05, 0.1) is 24.3 Å². The summed E-state index contributed by atoms with van der Waals surface area (Å²) in [5.74, 6) is 0.806. The summed E-state index contributed by atoms with van der Waals surface area (Å²) in [7, 11) is 0. The number of nitrogens with zero attached hydrogens (tertiary/aromatic N) is 2. The molecule has 1 saturated carbocycles. The van der Waals surface area contributed by atoms with E-state index in [9.17, 15) is 0 Å². The van der Waals surface area contributed by atoms with Crippen molar-refractivity contribution in [3.8, 4) is 0 Å². The molecule has 1 aromatic heterocycles. The summed E-state index contributed by atoms with van der Waals surface area (Å²) in [6, 6.07) is 10.6. The first kappa shape index (κ1) is 11.5. The van der Waals surface area contributed by atoms with Crippen LogP contribution in [0.5, 0.6) is 0 Å². The number of imidazole rings is 1. The zero-order valence-electron chi connectivity index (χ0n) is 10.7. The Labute approximate surface area is 108 Å². The second-order valence-corrected chi connectivity index (χ2v) is 5.19. The van der Waals surface area contributed by atoms with Crippen molar-refractivity contribution in [2.75, 3.05) is 0 Å². The predicted molar refractivity (Wildman–Crippen MR) is 72.1 cm³/mol. The fraction of sp³-hybridized carbons (Fsp3) is 0.400. The third-order valence-electron chi connectivity index (χ3n) is 3.92. The van der Waals surface area contributed by atoms with Gasteiger partial charge in [-0.25, -0.2) is 4.98 Å². The molecule has 3 heteroatoms. The molecule has 3 nitrogen and oxygen atoms in total. The average molecular weight is 241 g/mol. The lowest BCUT2D eigenvalue weighted by atomic mass is 10.0. The summed E-state index contributed by atoms with van der Waals surface area (Å²) in [4.78, 5) is 4.28. The van der Waals surface area contributed by atoms with E-state index in [2.05, 4.69) is 28.6 Å². The number of rotatable bonds is 4. The molecule has 3 rings (SSSR count). The van der Waals surface area contributed by atoms with Crippen LogP contribution >= 0.6 is 0 Å². The third kappa shape index (κ3) is 2.06. The molecule has 2 unspecified atom stereocenters. The molecule has 1 aliphatic carbocycles. The lowest BCUT2D eigenvalue weighted by Gasteiger charge is -2.20. The Morgan fingerprint density at radius 3 is 2.67 bits per heavy atom. The Hall–Kier alpha value is -1.61. The van der Waals surface area contributed by atoms with Crippen molar-refractivity contribution < 1.29 is 0 Å². The van der Waals surface area contributed by atoms with Crippen LogP contribution in [-0.2, 0) is 0 Å². The van der Waals surface area contributed by atoms with Crippen molar-refractivity contribution >= 4 is 0 Å². The van der Waals surface area contributed by atoms with Crippen LogP contribution < -0.4 is 5.73 Å². The molecule has 1 aromatic carbocycles. The van der Waals surface area contributed by atoms with E-state index in [1.54, 1.807) is 0 Å². The number of hydrogen-bond acceptors (Lipinski definition) is 2. The molecule has 2 atom stereocenters. The van der Waals surface area contributed by atoms with Crippen molar-refractivity contribution in [3.63, 3.8) is 0 Å². The van der Waals surface area contributed by atoms with E-state index >= 15 is 0 Å². The molecular weight excluding hydrogens is 222 g/mol. The van der Waals surface area contributed by atoms with Crippen LogP contribution in [0.15, 0.2) is 42.9 Å².